The molecule has 2 aromatic carbocycles. The highest BCUT2D eigenvalue weighted by atomic mass is 16.4. The molecule has 2 atom stereocenters. The number of fused-ring (bicyclic) bond motifs is 3. The van der Waals surface area contributed by atoms with Crippen molar-refractivity contribution in [2.45, 2.75) is 18.5 Å². The van der Waals surface area contributed by atoms with Gasteiger partial charge in [-0.05, 0) is 23.8 Å². The largest absolute Gasteiger partial charge is 0.544 e. The number of hydrogen-bond acceptors (Lipinski definition) is 3. The van der Waals surface area contributed by atoms with Crippen molar-refractivity contribution in [1.82, 2.24) is 4.98 Å². The molecular formula is C20H21N3O2. The zero-order chi connectivity index (χ0) is 17.6. The molecule has 0 saturated carbocycles. The summed E-state index contributed by atoms with van der Waals surface area (Å²) in [4.78, 5) is 17.1. The molecule has 1 aliphatic heterocycles. The van der Waals surface area contributed by atoms with Gasteiger partial charge in [0.15, 0.2) is 6.04 Å². The first-order valence-electron chi connectivity index (χ1n) is 8.47. The molecule has 2 heterocycles. The predicted molar refractivity (Wildman–Crippen MR) is 95.3 cm³/mol. The third-order valence-corrected chi connectivity index (χ3v) is 5.08. The number of carboxylic acids is 1. The fraction of sp³-hybridized carbons (Fsp3) is 0.250. The summed E-state index contributed by atoms with van der Waals surface area (Å²) < 4.78 is 0. The monoisotopic (exact) mass is 335 g/mol. The third kappa shape index (κ3) is 2.66. The number of H-pyrrole nitrogens is 1. The minimum Gasteiger partial charge on any atom is -0.544 e. The molecule has 2 unspecified atom stereocenters. The molecule has 0 aliphatic carbocycles. The first kappa shape index (κ1) is 15.7. The van der Waals surface area contributed by atoms with Gasteiger partial charge in [-0.2, -0.15) is 0 Å². The van der Waals surface area contributed by atoms with Crippen molar-refractivity contribution >= 4 is 22.6 Å². The third-order valence-electron chi connectivity index (χ3n) is 5.08. The van der Waals surface area contributed by atoms with Crippen LogP contribution in [0.4, 0.5) is 5.69 Å². The van der Waals surface area contributed by atoms with Crippen LogP contribution < -0.4 is 15.3 Å². The Bertz CT molecular complexity index is 928. The van der Waals surface area contributed by atoms with Gasteiger partial charge in [0.25, 0.3) is 0 Å². The summed E-state index contributed by atoms with van der Waals surface area (Å²) in [6, 6.07) is 15.7. The van der Waals surface area contributed by atoms with E-state index in [1.54, 1.807) is 0 Å². The van der Waals surface area contributed by atoms with Crippen LogP contribution in [0.1, 0.15) is 22.9 Å². The van der Waals surface area contributed by atoms with E-state index in [4.69, 9.17) is 0 Å². The highest BCUT2D eigenvalue weighted by Gasteiger charge is 2.34. The number of carboxylic acid groups (broad SMARTS) is 1. The van der Waals surface area contributed by atoms with Crippen LogP contribution in [0.25, 0.3) is 10.9 Å². The highest BCUT2D eigenvalue weighted by molar-refractivity contribution is 5.86. The first-order valence-corrected chi connectivity index (χ1v) is 8.47. The smallest absolute Gasteiger partial charge is 0.153 e. The molecular weight excluding hydrogens is 314 g/mol. The van der Waals surface area contributed by atoms with E-state index in [9.17, 15) is 9.90 Å². The number of rotatable bonds is 3. The van der Waals surface area contributed by atoms with Gasteiger partial charge in [-0.3, -0.25) is 0 Å². The number of nitrogens with two attached hydrogens (primary N) is 1. The van der Waals surface area contributed by atoms with E-state index < -0.39 is 12.0 Å². The molecule has 4 rings (SSSR count). The van der Waals surface area contributed by atoms with E-state index in [2.05, 4.69) is 35.3 Å². The molecule has 0 amide bonds. The number of carbonyl (C=O) groups is 1. The molecule has 128 valence electrons. The first-order chi connectivity index (χ1) is 12.0. The fourth-order valence-corrected chi connectivity index (χ4v) is 3.74. The van der Waals surface area contributed by atoms with Gasteiger partial charge >= 0.3 is 0 Å². The van der Waals surface area contributed by atoms with E-state index in [0.29, 0.717) is 6.42 Å². The van der Waals surface area contributed by atoms with Crippen molar-refractivity contribution in [2.24, 2.45) is 0 Å². The van der Waals surface area contributed by atoms with Gasteiger partial charge < -0.3 is 25.1 Å². The fourth-order valence-electron chi connectivity index (χ4n) is 3.74. The minimum absolute atomic E-state index is 0.0738. The molecule has 0 spiro atoms. The lowest BCUT2D eigenvalue weighted by Gasteiger charge is -2.29. The summed E-state index contributed by atoms with van der Waals surface area (Å²) in [5.74, 6) is -1.01. The van der Waals surface area contributed by atoms with Crippen LogP contribution in [0.15, 0.2) is 48.5 Å². The number of nitrogens with one attached hydrogen (secondary N) is 1. The summed E-state index contributed by atoms with van der Waals surface area (Å²) in [5.41, 5.74) is 5.44. The van der Waals surface area contributed by atoms with Crippen LogP contribution in [-0.2, 0) is 11.2 Å². The van der Waals surface area contributed by atoms with Crippen LogP contribution in [0.2, 0.25) is 0 Å². The van der Waals surface area contributed by atoms with Gasteiger partial charge in [0.1, 0.15) is 6.04 Å². The van der Waals surface area contributed by atoms with Gasteiger partial charge in [0.2, 0.25) is 0 Å². The Labute approximate surface area is 146 Å². The van der Waals surface area contributed by atoms with Crippen LogP contribution >= 0.6 is 0 Å². The maximum absolute atomic E-state index is 11.6. The lowest BCUT2D eigenvalue weighted by Crippen LogP contribution is -2.95. The number of nitrogens with zero attached hydrogens (tertiary/aromatic N) is 1. The lowest BCUT2D eigenvalue weighted by atomic mass is 9.90. The summed E-state index contributed by atoms with van der Waals surface area (Å²) >= 11 is 0. The van der Waals surface area contributed by atoms with Crippen LogP contribution in [0.3, 0.4) is 0 Å². The highest BCUT2D eigenvalue weighted by Crippen LogP contribution is 2.32. The van der Waals surface area contributed by atoms with Crippen molar-refractivity contribution in [2.75, 3.05) is 19.0 Å². The van der Waals surface area contributed by atoms with Crippen LogP contribution in [0.5, 0.6) is 0 Å². The second-order valence-electron chi connectivity index (χ2n) is 6.85. The SMILES string of the molecule is CN(C)c1ccc(C2[NH2+]C(C(=O)[O-])Cc3c2[nH]c2ccccc32)cc1. The van der Waals surface area contributed by atoms with E-state index in [1.165, 1.54) is 0 Å². The summed E-state index contributed by atoms with van der Waals surface area (Å²) in [7, 11) is 4.01. The number of aromatic amines is 1. The standard InChI is InChI=1S/C20H21N3O2/c1-23(2)13-9-7-12(8-10-13)18-19-15(11-17(22-18)20(24)25)14-5-3-4-6-16(14)21-19/h3-10,17-18,21-22H,11H2,1-2H3,(H,24,25). The molecule has 0 bridgehead atoms. The summed E-state index contributed by atoms with van der Waals surface area (Å²) in [6.45, 7) is 0. The van der Waals surface area contributed by atoms with E-state index in [1.807, 2.05) is 42.5 Å². The molecule has 3 aromatic rings. The Morgan fingerprint density at radius 3 is 2.56 bits per heavy atom. The maximum Gasteiger partial charge on any atom is 0.153 e. The van der Waals surface area contributed by atoms with E-state index >= 15 is 0 Å². The average Bonchev–Trinajstić information content (AvgIpc) is 2.99. The molecule has 1 aromatic heterocycles. The van der Waals surface area contributed by atoms with Crippen LogP contribution in [0, 0.1) is 0 Å². The van der Waals surface area contributed by atoms with Crippen molar-refractivity contribution in [3.63, 3.8) is 0 Å². The number of anilines is 1. The second-order valence-corrected chi connectivity index (χ2v) is 6.85. The molecule has 5 heteroatoms. The molecule has 0 fully saturated rings. The number of hydrogen-bond donors (Lipinski definition) is 2. The van der Waals surface area contributed by atoms with Gasteiger partial charge in [-0.15, -0.1) is 0 Å². The molecule has 0 saturated heterocycles. The maximum atomic E-state index is 11.6. The van der Waals surface area contributed by atoms with Gasteiger partial charge in [0.05, 0.1) is 11.7 Å². The van der Waals surface area contributed by atoms with Gasteiger partial charge in [-0.1, -0.05) is 30.3 Å². The predicted octanol–water partition coefficient (Wildman–Crippen LogP) is 0.561. The zero-order valence-electron chi connectivity index (χ0n) is 14.3. The Kier molecular flexibility index (Phi) is 3.73. The van der Waals surface area contributed by atoms with E-state index in [-0.39, 0.29) is 6.04 Å². The number of carbonyl (C=O) groups excluding carboxylic acids is 1. The van der Waals surface area contributed by atoms with Gasteiger partial charge in [0, 0.05) is 42.7 Å². The number of aromatic nitrogens is 1. The van der Waals surface area contributed by atoms with E-state index in [0.717, 1.165) is 33.4 Å². The topological polar surface area (TPSA) is 75.8 Å². The summed E-state index contributed by atoms with van der Waals surface area (Å²) in [5, 5.41) is 14.6. The Morgan fingerprint density at radius 2 is 1.88 bits per heavy atom. The van der Waals surface area contributed by atoms with Crippen molar-refractivity contribution in [3.05, 3.63) is 65.4 Å². The molecule has 1 aliphatic rings. The van der Waals surface area contributed by atoms with Crippen molar-refractivity contribution in [1.29, 1.82) is 0 Å². The Balaban J connectivity index is 1.83. The summed E-state index contributed by atoms with van der Waals surface area (Å²) in [6.07, 6.45) is 0.480. The Morgan fingerprint density at radius 1 is 1.16 bits per heavy atom. The number of aliphatic carboxylic acids is 1. The van der Waals surface area contributed by atoms with Crippen molar-refractivity contribution < 1.29 is 15.2 Å². The zero-order valence-corrected chi connectivity index (χ0v) is 14.3. The van der Waals surface area contributed by atoms with Crippen LogP contribution in [-0.4, -0.2) is 31.1 Å². The molecule has 25 heavy (non-hydrogen) atoms. The normalized spacial score (nSPS) is 19.6. The second kappa shape index (κ2) is 5.93. The number of para-hydroxylation sites is 1. The molecule has 5 nitrogen and oxygen atoms in total. The lowest BCUT2D eigenvalue weighted by molar-refractivity contribution is -0.717. The average molecular weight is 335 g/mol. The number of quaternary nitrogens is 1. The Hall–Kier alpha value is -2.79. The number of benzene rings is 2. The van der Waals surface area contributed by atoms with Gasteiger partial charge in [-0.25, -0.2) is 0 Å². The molecule has 0 radical (unpaired) electrons. The van der Waals surface area contributed by atoms with Crippen molar-refractivity contribution in [3.8, 4) is 0 Å². The quantitative estimate of drug-likeness (QED) is 0.734. The minimum atomic E-state index is -1.01. The molecule has 3 N–H and O–H groups in total.